The van der Waals surface area contributed by atoms with Gasteiger partial charge in [-0.15, -0.1) is 0 Å². The van der Waals surface area contributed by atoms with Crippen LogP contribution in [0, 0.1) is 6.92 Å². The smallest absolute Gasteiger partial charge is 0.324 e. The number of phenols is 1. The molecule has 0 aromatic heterocycles. The molecule has 0 aliphatic heterocycles. The summed E-state index contributed by atoms with van der Waals surface area (Å²) in [5.74, 6) is -2.05. The minimum Gasteiger partial charge on any atom is -0.507 e. The summed E-state index contributed by atoms with van der Waals surface area (Å²) in [5, 5.41) is 10.8. The fraction of sp³-hybridized carbons (Fsp3) is 0.840. The van der Waals surface area contributed by atoms with Crippen LogP contribution >= 0.6 is 0 Å². The zero-order valence-electron chi connectivity index (χ0n) is 37.4. The molecule has 1 rings (SSSR count). The Morgan fingerprint density at radius 3 is 1.04 bits per heavy atom. The van der Waals surface area contributed by atoms with E-state index in [1.165, 1.54) is 167 Å². The SMILES string of the molecule is CCCCCCCCCCCCCCCCCCOC(=O)C(C(=O)OCCCCCCCCCCCCCCCCCC)c1cc(C)c(O)c(C(C)(C)C)c1. The molecule has 0 heterocycles. The number of carbonyl (C=O) groups excluding carboxylic acids is 2. The van der Waals surface area contributed by atoms with Crippen molar-refractivity contribution in [2.45, 2.75) is 258 Å². The first-order valence-corrected chi connectivity index (χ1v) is 23.8. The number of esters is 2. The second kappa shape index (κ2) is 34.0. The Balaban J connectivity index is 2.38. The van der Waals surface area contributed by atoms with E-state index >= 15 is 0 Å². The van der Waals surface area contributed by atoms with E-state index in [1.807, 2.05) is 27.7 Å². The van der Waals surface area contributed by atoms with Crippen LogP contribution in [-0.2, 0) is 24.5 Å². The van der Waals surface area contributed by atoms with Gasteiger partial charge < -0.3 is 14.6 Å². The Hall–Kier alpha value is -2.04. The molecule has 55 heavy (non-hydrogen) atoms. The number of carbonyl (C=O) groups is 2. The van der Waals surface area contributed by atoms with Gasteiger partial charge in [0.05, 0.1) is 13.2 Å². The van der Waals surface area contributed by atoms with Gasteiger partial charge in [0.2, 0.25) is 0 Å². The summed E-state index contributed by atoms with van der Waals surface area (Å²) in [6.45, 7) is 13.0. The fourth-order valence-corrected chi connectivity index (χ4v) is 7.73. The van der Waals surface area contributed by atoms with Gasteiger partial charge in [0.15, 0.2) is 5.92 Å². The van der Waals surface area contributed by atoms with Gasteiger partial charge in [-0.25, -0.2) is 0 Å². The van der Waals surface area contributed by atoms with Crippen molar-refractivity contribution in [3.63, 3.8) is 0 Å². The van der Waals surface area contributed by atoms with Crippen molar-refractivity contribution < 1.29 is 24.2 Å². The fourth-order valence-electron chi connectivity index (χ4n) is 7.73. The lowest BCUT2D eigenvalue weighted by Crippen LogP contribution is -2.27. The number of ether oxygens (including phenoxy) is 2. The summed E-state index contributed by atoms with van der Waals surface area (Å²) < 4.78 is 11.5. The van der Waals surface area contributed by atoms with Gasteiger partial charge in [-0.3, -0.25) is 9.59 Å². The first kappa shape index (κ1) is 51.0. The van der Waals surface area contributed by atoms with E-state index < -0.39 is 17.9 Å². The highest BCUT2D eigenvalue weighted by atomic mass is 16.6. The van der Waals surface area contributed by atoms with E-state index in [-0.39, 0.29) is 11.2 Å². The van der Waals surface area contributed by atoms with Crippen molar-refractivity contribution in [1.29, 1.82) is 0 Å². The van der Waals surface area contributed by atoms with Crippen LogP contribution < -0.4 is 0 Å². The van der Waals surface area contributed by atoms with Crippen molar-refractivity contribution in [1.82, 2.24) is 0 Å². The van der Waals surface area contributed by atoms with Crippen molar-refractivity contribution in [2.75, 3.05) is 13.2 Å². The Labute approximate surface area is 341 Å². The van der Waals surface area contributed by atoms with Crippen LogP contribution in [0.1, 0.15) is 263 Å². The topological polar surface area (TPSA) is 72.8 Å². The predicted molar refractivity (Wildman–Crippen MR) is 235 cm³/mol. The second-order valence-corrected chi connectivity index (χ2v) is 17.9. The molecule has 0 spiro atoms. The third-order valence-corrected chi connectivity index (χ3v) is 11.4. The molecule has 0 atom stereocenters. The Morgan fingerprint density at radius 2 is 0.764 bits per heavy atom. The first-order valence-electron chi connectivity index (χ1n) is 23.8. The highest BCUT2D eigenvalue weighted by Crippen LogP contribution is 2.36. The lowest BCUT2D eigenvalue weighted by Gasteiger charge is -2.24. The molecule has 0 unspecified atom stereocenters. The molecule has 1 N–H and O–H groups in total. The maximum atomic E-state index is 13.5. The molecule has 1 aromatic rings. The predicted octanol–water partition coefficient (Wildman–Crippen LogP) is 15.7. The molecular formula is C50H90O5. The van der Waals surface area contributed by atoms with Crippen molar-refractivity contribution in [3.05, 3.63) is 28.8 Å². The Morgan fingerprint density at radius 1 is 0.491 bits per heavy atom. The molecule has 0 saturated carbocycles. The summed E-state index contributed by atoms with van der Waals surface area (Å²) in [6.07, 6.45) is 41.3. The molecule has 5 nitrogen and oxygen atoms in total. The molecule has 0 amide bonds. The minimum atomic E-state index is -1.15. The monoisotopic (exact) mass is 771 g/mol. The van der Waals surface area contributed by atoms with Gasteiger partial charge in [0.1, 0.15) is 5.75 Å². The highest BCUT2D eigenvalue weighted by Gasteiger charge is 2.34. The molecule has 5 heteroatoms. The number of unbranched alkanes of at least 4 members (excludes halogenated alkanes) is 30. The number of hydrogen-bond donors (Lipinski definition) is 1. The quantitative estimate of drug-likeness (QED) is 0.0414. The lowest BCUT2D eigenvalue weighted by atomic mass is 9.82. The molecule has 0 radical (unpaired) electrons. The largest absolute Gasteiger partial charge is 0.507 e. The number of phenolic OH excluding ortho intramolecular Hbond substituents is 1. The zero-order valence-corrected chi connectivity index (χ0v) is 37.4. The van der Waals surface area contributed by atoms with E-state index in [0.717, 1.165) is 38.5 Å². The summed E-state index contributed by atoms with van der Waals surface area (Å²) in [6, 6.07) is 3.53. The van der Waals surface area contributed by atoms with Gasteiger partial charge in [-0.05, 0) is 41.9 Å². The minimum absolute atomic E-state index is 0.207. The zero-order chi connectivity index (χ0) is 40.4. The molecular weight excluding hydrogens is 681 g/mol. The summed E-state index contributed by atoms with van der Waals surface area (Å²) in [4.78, 5) is 27.0. The van der Waals surface area contributed by atoms with Gasteiger partial charge >= 0.3 is 11.9 Å². The Kier molecular flexibility index (Phi) is 31.6. The van der Waals surface area contributed by atoms with Crippen molar-refractivity contribution in [2.24, 2.45) is 0 Å². The van der Waals surface area contributed by atoms with Crippen molar-refractivity contribution >= 4 is 11.9 Å². The van der Waals surface area contributed by atoms with E-state index in [0.29, 0.717) is 29.9 Å². The van der Waals surface area contributed by atoms with Crippen molar-refractivity contribution in [3.8, 4) is 5.75 Å². The number of benzene rings is 1. The Bertz CT molecular complexity index is 1020. The van der Waals surface area contributed by atoms with E-state index in [1.54, 1.807) is 12.1 Å². The van der Waals surface area contributed by atoms with Crippen LogP contribution in [0.15, 0.2) is 12.1 Å². The molecule has 0 saturated heterocycles. The van der Waals surface area contributed by atoms with E-state index in [4.69, 9.17) is 9.47 Å². The van der Waals surface area contributed by atoms with Crippen LogP contribution in [0.3, 0.4) is 0 Å². The van der Waals surface area contributed by atoms with Gasteiger partial charge in [0, 0.05) is 0 Å². The second-order valence-electron chi connectivity index (χ2n) is 17.9. The summed E-state index contributed by atoms with van der Waals surface area (Å²) in [5.41, 5.74) is 1.53. The van der Waals surface area contributed by atoms with Gasteiger partial charge in [-0.1, -0.05) is 239 Å². The number of hydrogen-bond acceptors (Lipinski definition) is 5. The van der Waals surface area contributed by atoms with Crippen LogP contribution in [0.2, 0.25) is 0 Å². The van der Waals surface area contributed by atoms with Crippen LogP contribution in [0.5, 0.6) is 5.75 Å². The molecule has 0 bridgehead atoms. The van der Waals surface area contributed by atoms with Crippen LogP contribution in [0.4, 0.5) is 0 Å². The maximum absolute atomic E-state index is 13.5. The number of aryl methyl sites for hydroxylation is 1. The maximum Gasteiger partial charge on any atom is 0.324 e. The summed E-state index contributed by atoms with van der Waals surface area (Å²) in [7, 11) is 0. The molecule has 0 aliphatic rings. The summed E-state index contributed by atoms with van der Waals surface area (Å²) >= 11 is 0. The third kappa shape index (κ3) is 26.5. The normalized spacial score (nSPS) is 11.8. The lowest BCUT2D eigenvalue weighted by molar-refractivity contribution is -0.157. The molecule has 1 aromatic carbocycles. The molecule has 320 valence electrons. The van der Waals surface area contributed by atoms with Crippen LogP contribution in [0.25, 0.3) is 0 Å². The third-order valence-electron chi connectivity index (χ3n) is 11.4. The average Bonchev–Trinajstić information content (AvgIpc) is 3.15. The molecule has 0 fully saturated rings. The van der Waals surface area contributed by atoms with Crippen LogP contribution in [-0.4, -0.2) is 30.3 Å². The standard InChI is InChI=1S/C50H90O5/c1-7-9-11-13-15-17-19-21-23-25-27-29-31-33-35-37-39-54-48(52)46(44-41-43(3)47(51)45(42-44)50(4,5)6)49(53)55-40-38-36-34-32-30-28-26-24-22-20-18-16-14-12-10-8-2/h41-42,46,51H,7-40H2,1-6H3. The van der Waals surface area contributed by atoms with E-state index in [2.05, 4.69) is 13.8 Å². The number of rotatable bonds is 37. The van der Waals surface area contributed by atoms with Gasteiger partial charge in [-0.2, -0.15) is 0 Å². The number of aromatic hydroxyl groups is 1. The first-order chi connectivity index (χ1) is 26.6. The molecule has 0 aliphatic carbocycles. The highest BCUT2D eigenvalue weighted by molar-refractivity contribution is 6.01. The van der Waals surface area contributed by atoms with Gasteiger partial charge in [0.25, 0.3) is 0 Å². The van der Waals surface area contributed by atoms with E-state index in [9.17, 15) is 14.7 Å². The average molecular weight is 771 g/mol.